The van der Waals surface area contributed by atoms with Gasteiger partial charge in [-0.15, -0.1) is 0 Å². The Bertz CT molecular complexity index is 589. The van der Waals surface area contributed by atoms with Crippen LogP contribution in [0.1, 0.15) is 5.56 Å². The smallest absolute Gasteiger partial charge is 0.224 e. The predicted octanol–water partition coefficient (Wildman–Crippen LogP) is 2.55. The molecule has 19 heavy (non-hydrogen) atoms. The maximum Gasteiger partial charge on any atom is 0.224 e. The van der Waals surface area contributed by atoms with Gasteiger partial charge in [0.2, 0.25) is 5.95 Å². The molecule has 0 spiro atoms. The van der Waals surface area contributed by atoms with Gasteiger partial charge in [0, 0.05) is 19.2 Å². The maximum absolute atomic E-state index is 13.4. The lowest BCUT2D eigenvalue weighted by atomic mass is 10.2. The molecule has 0 radical (unpaired) electrons. The minimum Gasteiger partial charge on any atom is -0.363 e. The lowest BCUT2D eigenvalue weighted by molar-refractivity contribution is 0.586. The van der Waals surface area contributed by atoms with Crippen molar-refractivity contribution in [3.05, 3.63) is 47.4 Å². The molecule has 1 heterocycles. The third-order valence-corrected chi connectivity index (χ3v) is 2.42. The second-order valence-corrected chi connectivity index (χ2v) is 3.73. The molecule has 100 valence electrons. The number of halogens is 3. The average molecular weight is 268 g/mol. The number of benzene rings is 1. The number of aromatic nitrogens is 2. The van der Waals surface area contributed by atoms with Crippen LogP contribution in [0.3, 0.4) is 0 Å². The molecule has 0 amide bonds. The molecule has 0 bridgehead atoms. The fraction of sp³-hybridized carbons (Fsp3) is 0.167. The highest BCUT2D eigenvalue weighted by molar-refractivity contribution is 5.41. The minimum absolute atomic E-state index is 0.0805. The van der Waals surface area contributed by atoms with E-state index in [2.05, 4.69) is 20.6 Å². The lowest BCUT2D eigenvalue weighted by Gasteiger charge is -2.08. The number of anilines is 2. The first-order valence-corrected chi connectivity index (χ1v) is 5.48. The number of rotatable bonds is 4. The minimum atomic E-state index is -0.671. The summed E-state index contributed by atoms with van der Waals surface area (Å²) in [6.07, 6.45) is 0.989. The highest BCUT2D eigenvalue weighted by atomic mass is 19.1. The molecule has 0 aliphatic rings. The first-order valence-electron chi connectivity index (χ1n) is 5.48. The predicted molar refractivity (Wildman–Crippen MR) is 65.2 cm³/mol. The van der Waals surface area contributed by atoms with Crippen LogP contribution in [0.2, 0.25) is 0 Å². The number of nitrogens with one attached hydrogen (secondary N) is 2. The summed E-state index contributed by atoms with van der Waals surface area (Å²) in [5.41, 5.74) is 0.0871. The van der Waals surface area contributed by atoms with Crippen molar-refractivity contribution in [2.75, 3.05) is 17.7 Å². The SMILES string of the molecule is CNc1ncc(F)c(NCc2cc(F)ccc2F)n1. The van der Waals surface area contributed by atoms with E-state index in [4.69, 9.17) is 0 Å². The topological polar surface area (TPSA) is 49.8 Å². The molecule has 0 atom stereocenters. The van der Waals surface area contributed by atoms with Crippen LogP contribution in [0.15, 0.2) is 24.4 Å². The molecule has 0 unspecified atom stereocenters. The van der Waals surface area contributed by atoms with Crippen LogP contribution in [0.4, 0.5) is 24.9 Å². The van der Waals surface area contributed by atoms with Crippen molar-refractivity contribution in [2.45, 2.75) is 6.54 Å². The normalized spacial score (nSPS) is 10.3. The van der Waals surface area contributed by atoms with Gasteiger partial charge in [0.15, 0.2) is 11.6 Å². The van der Waals surface area contributed by atoms with Crippen molar-refractivity contribution in [3.8, 4) is 0 Å². The molecule has 0 saturated carbocycles. The molecule has 4 nitrogen and oxygen atoms in total. The van der Waals surface area contributed by atoms with Crippen molar-refractivity contribution >= 4 is 11.8 Å². The van der Waals surface area contributed by atoms with Crippen molar-refractivity contribution in [1.82, 2.24) is 9.97 Å². The van der Waals surface area contributed by atoms with E-state index in [-0.39, 0.29) is 23.9 Å². The number of hydrogen-bond acceptors (Lipinski definition) is 4. The molecule has 2 N–H and O–H groups in total. The van der Waals surface area contributed by atoms with Gasteiger partial charge in [-0.25, -0.2) is 18.2 Å². The first-order chi connectivity index (χ1) is 9.10. The highest BCUT2D eigenvalue weighted by Gasteiger charge is 2.08. The van der Waals surface area contributed by atoms with Crippen LogP contribution in [0.25, 0.3) is 0 Å². The van der Waals surface area contributed by atoms with E-state index in [1.807, 2.05) is 0 Å². The molecule has 1 aromatic carbocycles. The third-order valence-electron chi connectivity index (χ3n) is 2.42. The van der Waals surface area contributed by atoms with Crippen LogP contribution >= 0.6 is 0 Å². The molecule has 7 heteroatoms. The zero-order valence-electron chi connectivity index (χ0n) is 10.0. The molecule has 1 aromatic heterocycles. The van der Waals surface area contributed by atoms with Crippen LogP contribution in [0.5, 0.6) is 0 Å². The largest absolute Gasteiger partial charge is 0.363 e. The Morgan fingerprint density at radius 2 is 1.95 bits per heavy atom. The maximum atomic E-state index is 13.4. The second-order valence-electron chi connectivity index (χ2n) is 3.73. The molecule has 2 rings (SSSR count). The lowest BCUT2D eigenvalue weighted by Crippen LogP contribution is -2.08. The van der Waals surface area contributed by atoms with E-state index in [1.54, 1.807) is 7.05 Å². The van der Waals surface area contributed by atoms with Crippen LogP contribution in [-0.4, -0.2) is 17.0 Å². The summed E-state index contributed by atoms with van der Waals surface area (Å²) in [5, 5.41) is 5.25. The summed E-state index contributed by atoms with van der Waals surface area (Å²) >= 11 is 0. The summed E-state index contributed by atoms with van der Waals surface area (Å²) in [7, 11) is 1.59. The van der Waals surface area contributed by atoms with Crippen LogP contribution < -0.4 is 10.6 Å². The van der Waals surface area contributed by atoms with E-state index in [0.717, 1.165) is 24.4 Å². The van der Waals surface area contributed by atoms with E-state index in [0.29, 0.717) is 0 Å². The first kappa shape index (κ1) is 13.1. The Labute approximate surface area is 107 Å². The van der Waals surface area contributed by atoms with E-state index < -0.39 is 17.5 Å². The fourth-order valence-corrected chi connectivity index (χ4v) is 1.47. The van der Waals surface area contributed by atoms with Crippen molar-refractivity contribution < 1.29 is 13.2 Å². The van der Waals surface area contributed by atoms with Gasteiger partial charge in [-0.2, -0.15) is 4.98 Å². The molecule has 0 fully saturated rings. The van der Waals surface area contributed by atoms with Gasteiger partial charge in [-0.1, -0.05) is 0 Å². The van der Waals surface area contributed by atoms with Gasteiger partial charge in [-0.05, 0) is 18.2 Å². The molecular weight excluding hydrogens is 257 g/mol. The Hall–Kier alpha value is -2.31. The Balaban J connectivity index is 2.16. The Morgan fingerprint density at radius 3 is 2.68 bits per heavy atom. The summed E-state index contributed by atoms with van der Waals surface area (Å²) in [6, 6.07) is 3.07. The van der Waals surface area contributed by atoms with Gasteiger partial charge < -0.3 is 10.6 Å². The second kappa shape index (κ2) is 5.55. The molecule has 2 aromatic rings. The highest BCUT2D eigenvalue weighted by Crippen LogP contribution is 2.15. The van der Waals surface area contributed by atoms with Gasteiger partial charge >= 0.3 is 0 Å². The van der Waals surface area contributed by atoms with Crippen molar-refractivity contribution in [1.29, 1.82) is 0 Å². The Morgan fingerprint density at radius 1 is 1.16 bits per heavy atom. The van der Waals surface area contributed by atoms with Crippen molar-refractivity contribution in [3.63, 3.8) is 0 Å². The third kappa shape index (κ3) is 3.12. The molecule has 0 saturated heterocycles. The van der Waals surface area contributed by atoms with E-state index >= 15 is 0 Å². The average Bonchev–Trinajstić information content (AvgIpc) is 2.41. The summed E-state index contributed by atoms with van der Waals surface area (Å²) in [4.78, 5) is 7.51. The summed E-state index contributed by atoms with van der Waals surface area (Å²) < 4.78 is 39.7. The molecule has 0 aliphatic heterocycles. The molecular formula is C12H11F3N4. The summed E-state index contributed by atoms with van der Waals surface area (Å²) in [5.74, 6) is -1.66. The number of hydrogen-bond donors (Lipinski definition) is 2. The molecule has 0 aliphatic carbocycles. The standard InChI is InChI=1S/C12H11F3N4/c1-16-12-18-6-10(15)11(19-12)17-5-7-4-8(13)2-3-9(7)14/h2-4,6H,5H2,1H3,(H2,16,17,18,19). The van der Waals surface area contributed by atoms with Crippen LogP contribution in [-0.2, 0) is 6.54 Å². The van der Waals surface area contributed by atoms with E-state index in [1.165, 1.54) is 0 Å². The zero-order chi connectivity index (χ0) is 13.8. The van der Waals surface area contributed by atoms with E-state index in [9.17, 15) is 13.2 Å². The summed E-state index contributed by atoms with van der Waals surface area (Å²) in [6.45, 7) is -0.0827. The monoisotopic (exact) mass is 268 g/mol. The fourth-order valence-electron chi connectivity index (χ4n) is 1.47. The Kier molecular flexibility index (Phi) is 3.84. The van der Waals surface area contributed by atoms with Gasteiger partial charge in [0.25, 0.3) is 0 Å². The number of nitrogens with zero attached hydrogens (tertiary/aromatic N) is 2. The van der Waals surface area contributed by atoms with Gasteiger partial charge in [0.1, 0.15) is 11.6 Å². The van der Waals surface area contributed by atoms with Crippen molar-refractivity contribution in [2.24, 2.45) is 0 Å². The zero-order valence-corrected chi connectivity index (χ0v) is 10.0. The quantitative estimate of drug-likeness (QED) is 0.894. The van der Waals surface area contributed by atoms with Gasteiger partial charge in [0.05, 0.1) is 6.20 Å². The van der Waals surface area contributed by atoms with Gasteiger partial charge in [-0.3, -0.25) is 0 Å². The van der Waals surface area contributed by atoms with Crippen LogP contribution in [0, 0.1) is 17.5 Å².